The van der Waals surface area contributed by atoms with Crippen molar-refractivity contribution in [1.82, 2.24) is 0 Å². The Bertz CT molecular complexity index is 200. The molecule has 2 nitrogen and oxygen atoms in total. The third kappa shape index (κ3) is 2.22. The van der Waals surface area contributed by atoms with E-state index in [1.54, 1.807) is 27.7 Å². The summed E-state index contributed by atoms with van der Waals surface area (Å²) in [5.74, 6) is -0.899. The van der Waals surface area contributed by atoms with E-state index in [9.17, 15) is 4.79 Å². The minimum Gasteiger partial charge on any atom is -0.481 e. The van der Waals surface area contributed by atoms with Gasteiger partial charge in [-0.3, -0.25) is 4.79 Å². The zero-order valence-corrected chi connectivity index (χ0v) is 7.99. The third-order valence-electron chi connectivity index (χ3n) is 1.52. The predicted octanol–water partition coefficient (Wildman–Crippen LogP) is 2.63. The van der Waals surface area contributed by atoms with Gasteiger partial charge in [0.2, 0.25) is 0 Å². The lowest BCUT2D eigenvalue weighted by molar-refractivity contribution is -0.144. The molecule has 1 N–H and O–H groups in total. The Kier molecular flexibility index (Phi) is 3.12. The Labute approximate surface area is 71.9 Å². The van der Waals surface area contributed by atoms with Gasteiger partial charge in [0.1, 0.15) is 0 Å². The molecule has 3 heteroatoms. The van der Waals surface area contributed by atoms with Crippen LogP contribution in [0.4, 0.5) is 0 Å². The summed E-state index contributed by atoms with van der Waals surface area (Å²) in [6.45, 7) is 6.77. The fourth-order valence-corrected chi connectivity index (χ4v) is 0.800. The average molecular weight is 177 g/mol. The van der Waals surface area contributed by atoms with Crippen molar-refractivity contribution in [2.75, 3.05) is 0 Å². The second kappa shape index (κ2) is 3.26. The molecule has 0 aromatic carbocycles. The largest absolute Gasteiger partial charge is 0.481 e. The van der Waals surface area contributed by atoms with Crippen LogP contribution in [-0.2, 0) is 4.79 Å². The molecule has 64 valence electrons. The third-order valence-corrected chi connectivity index (χ3v) is 2.37. The zero-order valence-electron chi connectivity index (χ0n) is 7.23. The van der Waals surface area contributed by atoms with Gasteiger partial charge in [-0.1, -0.05) is 17.2 Å². The quantitative estimate of drug-likeness (QED) is 0.703. The van der Waals surface area contributed by atoms with E-state index in [0.717, 1.165) is 5.57 Å². The Morgan fingerprint density at radius 3 is 1.82 bits per heavy atom. The van der Waals surface area contributed by atoms with E-state index in [0.29, 0.717) is 5.03 Å². The van der Waals surface area contributed by atoms with E-state index in [4.69, 9.17) is 16.7 Å². The van der Waals surface area contributed by atoms with E-state index >= 15 is 0 Å². The highest BCUT2D eigenvalue weighted by Crippen LogP contribution is 2.31. The molecule has 0 aromatic rings. The van der Waals surface area contributed by atoms with Crippen LogP contribution in [0.2, 0.25) is 0 Å². The minimum atomic E-state index is -0.958. The van der Waals surface area contributed by atoms with Gasteiger partial charge in [-0.2, -0.15) is 0 Å². The summed E-state index contributed by atoms with van der Waals surface area (Å²) in [6, 6.07) is 0. The van der Waals surface area contributed by atoms with Crippen molar-refractivity contribution in [1.29, 1.82) is 0 Å². The van der Waals surface area contributed by atoms with Gasteiger partial charge in [-0.25, -0.2) is 0 Å². The van der Waals surface area contributed by atoms with Crippen molar-refractivity contribution in [3.05, 3.63) is 10.6 Å². The Morgan fingerprint density at radius 2 is 1.73 bits per heavy atom. The second-order valence-electron chi connectivity index (χ2n) is 3.24. The first-order chi connectivity index (χ1) is 4.80. The smallest absolute Gasteiger partial charge is 0.314 e. The van der Waals surface area contributed by atoms with Crippen molar-refractivity contribution in [3.63, 3.8) is 0 Å². The number of carboxylic acids is 1. The molecule has 0 amide bonds. The molecule has 0 rings (SSSR count). The molecule has 0 heterocycles. The Balaban J connectivity index is 4.86. The maximum absolute atomic E-state index is 10.6. The van der Waals surface area contributed by atoms with Gasteiger partial charge >= 0.3 is 5.97 Å². The number of hydrogen-bond acceptors (Lipinski definition) is 1. The van der Waals surface area contributed by atoms with Gasteiger partial charge in [0.05, 0.1) is 5.41 Å². The van der Waals surface area contributed by atoms with Crippen molar-refractivity contribution in [3.8, 4) is 0 Å². The van der Waals surface area contributed by atoms with Gasteiger partial charge in [0.15, 0.2) is 0 Å². The summed E-state index contributed by atoms with van der Waals surface area (Å²) >= 11 is 5.80. The summed E-state index contributed by atoms with van der Waals surface area (Å²) in [5, 5.41) is 9.15. The Hall–Kier alpha value is -0.500. The highest BCUT2D eigenvalue weighted by atomic mass is 35.5. The number of rotatable bonds is 2. The zero-order chi connectivity index (χ0) is 9.23. The number of hydrogen-bond donors (Lipinski definition) is 1. The molecule has 0 atom stereocenters. The van der Waals surface area contributed by atoms with Crippen LogP contribution >= 0.6 is 11.6 Å². The lowest BCUT2D eigenvalue weighted by Gasteiger charge is -2.19. The number of carboxylic acid groups (broad SMARTS) is 1. The van der Waals surface area contributed by atoms with Crippen LogP contribution in [0.5, 0.6) is 0 Å². The van der Waals surface area contributed by atoms with Gasteiger partial charge in [0, 0.05) is 5.03 Å². The van der Waals surface area contributed by atoms with Crippen molar-refractivity contribution in [2.24, 2.45) is 5.41 Å². The molecule has 0 aliphatic heterocycles. The van der Waals surface area contributed by atoms with Crippen LogP contribution < -0.4 is 0 Å². The number of carbonyl (C=O) groups is 1. The van der Waals surface area contributed by atoms with Gasteiger partial charge in [0.25, 0.3) is 0 Å². The molecular weight excluding hydrogens is 164 g/mol. The molecule has 0 unspecified atom stereocenters. The lowest BCUT2D eigenvalue weighted by Crippen LogP contribution is -2.24. The highest BCUT2D eigenvalue weighted by molar-refractivity contribution is 6.32. The molecule has 11 heavy (non-hydrogen) atoms. The molecule has 0 aliphatic rings. The Morgan fingerprint density at radius 1 is 1.36 bits per heavy atom. The van der Waals surface area contributed by atoms with E-state index in [2.05, 4.69) is 0 Å². The summed E-state index contributed by atoms with van der Waals surface area (Å²) in [4.78, 5) is 10.6. The fraction of sp³-hybridized carbons (Fsp3) is 0.625. The van der Waals surface area contributed by atoms with Gasteiger partial charge in [-0.05, 0) is 27.7 Å². The molecule has 0 fully saturated rings. The molecule has 0 aliphatic carbocycles. The molecule has 0 radical (unpaired) electrons. The van der Waals surface area contributed by atoms with E-state index in [1.807, 2.05) is 0 Å². The monoisotopic (exact) mass is 176 g/mol. The normalized spacial score (nSPS) is 11.0. The first-order valence-corrected chi connectivity index (χ1v) is 3.74. The SMILES string of the molecule is CC(C)=C(Cl)C(C)(C)C(=O)O. The summed E-state index contributed by atoms with van der Waals surface area (Å²) < 4.78 is 0. The van der Waals surface area contributed by atoms with E-state index in [1.165, 1.54) is 0 Å². The average Bonchev–Trinajstić information content (AvgIpc) is 1.85. The van der Waals surface area contributed by atoms with E-state index < -0.39 is 11.4 Å². The van der Waals surface area contributed by atoms with Crippen LogP contribution in [0, 0.1) is 5.41 Å². The number of aliphatic carboxylic acids is 1. The maximum atomic E-state index is 10.6. The standard InChI is InChI=1S/C8H13ClO2/c1-5(2)6(9)8(3,4)7(10)11/h1-4H3,(H,10,11). The molecule has 0 bridgehead atoms. The lowest BCUT2D eigenvalue weighted by atomic mass is 9.91. The van der Waals surface area contributed by atoms with Gasteiger partial charge in [-0.15, -0.1) is 0 Å². The van der Waals surface area contributed by atoms with Crippen LogP contribution in [0.1, 0.15) is 27.7 Å². The highest BCUT2D eigenvalue weighted by Gasteiger charge is 2.31. The summed E-state index contributed by atoms with van der Waals surface area (Å²) in [5.41, 5.74) is -0.112. The second-order valence-corrected chi connectivity index (χ2v) is 3.62. The summed E-state index contributed by atoms with van der Waals surface area (Å²) in [7, 11) is 0. The maximum Gasteiger partial charge on any atom is 0.314 e. The first-order valence-electron chi connectivity index (χ1n) is 3.37. The molecule has 0 spiro atoms. The van der Waals surface area contributed by atoms with E-state index in [-0.39, 0.29) is 0 Å². The van der Waals surface area contributed by atoms with Crippen LogP contribution in [0.3, 0.4) is 0 Å². The molecular formula is C8H13ClO2. The molecule has 0 saturated carbocycles. The fourth-order valence-electron chi connectivity index (χ4n) is 0.719. The van der Waals surface area contributed by atoms with Crippen LogP contribution in [-0.4, -0.2) is 11.1 Å². The van der Waals surface area contributed by atoms with Crippen LogP contribution in [0.25, 0.3) is 0 Å². The first kappa shape index (κ1) is 10.5. The molecule has 0 saturated heterocycles. The number of allylic oxidation sites excluding steroid dienone is 1. The topological polar surface area (TPSA) is 37.3 Å². The minimum absolute atomic E-state index is 0.407. The number of halogens is 1. The van der Waals surface area contributed by atoms with Crippen LogP contribution in [0.15, 0.2) is 10.6 Å². The molecule has 0 aromatic heterocycles. The predicted molar refractivity (Wildman–Crippen MR) is 45.6 cm³/mol. The van der Waals surface area contributed by atoms with Crippen molar-refractivity contribution in [2.45, 2.75) is 27.7 Å². The summed E-state index contributed by atoms with van der Waals surface area (Å²) in [6.07, 6.45) is 0. The van der Waals surface area contributed by atoms with Gasteiger partial charge < -0.3 is 5.11 Å². The van der Waals surface area contributed by atoms with Crippen molar-refractivity contribution < 1.29 is 9.90 Å². The van der Waals surface area contributed by atoms with Crippen molar-refractivity contribution >= 4 is 17.6 Å².